The second-order valence-electron chi connectivity index (χ2n) is 14.0. The molecule has 0 unspecified atom stereocenters. The van der Waals surface area contributed by atoms with Gasteiger partial charge in [0.2, 0.25) is 11.8 Å². The molecule has 0 spiro atoms. The molecule has 4 aliphatic carbocycles. The first-order chi connectivity index (χ1) is 28.1. The molecule has 0 N–H and O–H groups in total. The van der Waals surface area contributed by atoms with Gasteiger partial charge in [0, 0.05) is 56.5 Å². The van der Waals surface area contributed by atoms with Gasteiger partial charge in [-0.1, -0.05) is 61.7 Å². The third-order valence-electron chi connectivity index (χ3n) is 9.87. The van der Waals surface area contributed by atoms with Crippen LogP contribution in [0.2, 0.25) is 10.0 Å². The molecule has 0 aliphatic heterocycles. The molecule has 2 amide bonds. The molecule has 0 atom stereocenters. The Hall–Kier alpha value is -4.21. The number of rotatable bonds is 6. The number of nitrogens with zero attached hydrogens (tertiary/aromatic N) is 2. The fraction of sp³-hybridized carbons (Fsp3) is 0.292. The number of anilines is 2. The van der Waals surface area contributed by atoms with Crippen molar-refractivity contribution in [3.05, 3.63) is 178 Å². The number of benzene rings is 4. The van der Waals surface area contributed by atoms with E-state index in [4.69, 9.17) is 23.2 Å². The normalized spacial score (nSPS) is 15.4. The van der Waals surface area contributed by atoms with E-state index in [-0.39, 0.29) is 57.0 Å². The number of carbonyl (C=O) groups excluding carboxylic acids is 2. The van der Waals surface area contributed by atoms with Crippen molar-refractivity contribution in [2.45, 2.75) is 89.1 Å². The van der Waals surface area contributed by atoms with Crippen LogP contribution >= 0.6 is 23.2 Å². The van der Waals surface area contributed by atoms with Crippen molar-refractivity contribution >= 4 is 46.4 Å². The average Bonchev–Trinajstić information content (AvgIpc) is 4.03. The van der Waals surface area contributed by atoms with Crippen molar-refractivity contribution in [3.63, 3.8) is 0 Å². The van der Waals surface area contributed by atoms with Gasteiger partial charge < -0.3 is 9.80 Å². The second kappa shape index (κ2) is 24.8. The number of amides is 2. The van der Waals surface area contributed by atoms with Crippen molar-refractivity contribution in [2.75, 3.05) is 9.80 Å². The predicted molar refractivity (Wildman–Crippen MR) is 224 cm³/mol. The molecule has 11 heteroatoms. The molecule has 2 saturated carbocycles. The fourth-order valence-corrected chi connectivity index (χ4v) is 7.26. The molecule has 59 heavy (non-hydrogen) atoms. The van der Waals surface area contributed by atoms with Gasteiger partial charge in [-0.15, -0.1) is 49.2 Å². The summed E-state index contributed by atoms with van der Waals surface area (Å²) in [5, 5.41) is 1.05. The molecule has 2 fully saturated rings. The van der Waals surface area contributed by atoms with Gasteiger partial charge in [-0.2, -0.15) is 12.2 Å². The summed E-state index contributed by atoms with van der Waals surface area (Å²) < 4.78 is 55.0. The van der Waals surface area contributed by atoms with E-state index < -0.39 is 23.3 Å². The van der Waals surface area contributed by atoms with Gasteiger partial charge in [0.25, 0.3) is 0 Å². The SMILES string of the molecule is O=C(c1ccc(Cl)cc1)N(c1ccc(F)[c-]c1F)C1CCCCC1.O=C(c1ccc(Cl)cc1)N(c1ccc(F)[c-]c1F)C1CCCCC1.[C-]1=CC=CC1.[C-]1=CC=CC1.[Ti+4]. The first kappa shape index (κ1) is 47.5. The largest absolute Gasteiger partial charge is 4.00 e. The summed E-state index contributed by atoms with van der Waals surface area (Å²) in [5.74, 6) is -3.86. The summed E-state index contributed by atoms with van der Waals surface area (Å²) in [6.45, 7) is 0. The Labute approximate surface area is 370 Å². The molecular weight excluding hydrogens is 831 g/mol. The van der Waals surface area contributed by atoms with E-state index in [1.807, 2.05) is 36.4 Å². The Morgan fingerprint density at radius 2 is 0.881 bits per heavy atom. The molecule has 0 bridgehead atoms. The molecule has 4 aromatic rings. The van der Waals surface area contributed by atoms with Gasteiger partial charge in [0.05, 0.1) is 0 Å². The summed E-state index contributed by atoms with van der Waals surface area (Å²) in [7, 11) is 0. The fourth-order valence-electron chi connectivity index (χ4n) is 7.01. The van der Waals surface area contributed by atoms with Crippen LogP contribution in [0.3, 0.4) is 0 Å². The molecule has 4 aromatic carbocycles. The van der Waals surface area contributed by atoms with Gasteiger partial charge in [-0.3, -0.25) is 21.7 Å². The van der Waals surface area contributed by atoms with Crippen LogP contribution in [-0.2, 0) is 21.7 Å². The van der Waals surface area contributed by atoms with Gasteiger partial charge in [-0.25, -0.2) is 41.9 Å². The molecule has 0 saturated heterocycles. The number of allylic oxidation sites excluding steroid dienone is 8. The Morgan fingerprint density at radius 1 is 0.525 bits per heavy atom. The third-order valence-corrected chi connectivity index (χ3v) is 10.4. The first-order valence-corrected chi connectivity index (χ1v) is 20.2. The Kier molecular flexibility index (Phi) is 19.9. The molecule has 0 aromatic heterocycles. The zero-order chi connectivity index (χ0) is 41.3. The van der Waals surface area contributed by atoms with Crippen molar-refractivity contribution in [1.82, 2.24) is 0 Å². The minimum absolute atomic E-state index is 0. The van der Waals surface area contributed by atoms with Gasteiger partial charge in [0.1, 0.15) is 0 Å². The third kappa shape index (κ3) is 14.5. The van der Waals surface area contributed by atoms with E-state index in [1.165, 1.54) is 21.9 Å². The van der Waals surface area contributed by atoms with Crippen molar-refractivity contribution in [3.8, 4) is 0 Å². The van der Waals surface area contributed by atoms with Crippen LogP contribution in [0, 0.1) is 47.6 Å². The second-order valence-corrected chi connectivity index (χ2v) is 14.8. The number of hydrogen-bond acceptors (Lipinski definition) is 2. The Balaban J connectivity index is 0.000000207. The van der Waals surface area contributed by atoms with E-state index in [0.717, 1.165) is 89.2 Å². The van der Waals surface area contributed by atoms with Gasteiger partial charge >= 0.3 is 21.7 Å². The van der Waals surface area contributed by atoms with Crippen LogP contribution < -0.4 is 9.80 Å². The van der Waals surface area contributed by atoms with Crippen molar-refractivity contribution in [1.29, 1.82) is 0 Å². The summed E-state index contributed by atoms with van der Waals surface area (Å²) in [6, 6.07) is 21.7. The Morgan fingerprint density at radius 3 is 1.15 bits per heavy atom. The maximum atomic E-state index is 14.3. The quantitative estimate of drug-likeness (QED) is 0.110. The Bertz CT molecular complexity index is 1910. The first-order valence-electron chi connectivity index (χ1n) is 19.5. The minimum Gasteiger partial charge on any atom is -0.357 e. The maximum absolute atomic E-state index is 14.3. The van der Waals surface area contributed by atoms with Crippen LogP contribution in [0.5, 0.6) is 0 Å². The van der Waals surface area contributed by atoms with E-state index in [2.05, 4.69) is 24.3 Å². The zero-order valence-corrected chi connectivity index (χ0v) is 35.6. The summed E-state index contributed by atoms with van der Waals surface area (Å²) >= 11 is 11.7. The van der Waals surface area contributed by atoms with Gasteiger partial charge in [0.15, 0.2) is 0 Å². The number of halogens is 6. The van der Waals surface area contributed by atoms with Crippen LogP contribution in [-0.4, -0.2) is 23.9 Å². The number of hydrogen-bond donors (Lipinski definition) is 0. The summed E-state index contributed by atoms with van der Waals surface area (Å²) in [6.07, 6.45) is 29.4. The van der Waals surface area contributed by atoms with Crippen molar-refractivity contribution in [2.24, 2.45) is 0 Å². The molecule has 0 heterocycles. The van der Waals surface area contributed by atoms with Crippen LogP contribution in [0.4, 0.5) is 28.9 Å². The maximum Gasteiger partial charge on any atom is 4.00 e. The van der Waals surface area contributed by atoms with E-state index >= 15 is 0 Å². The zero-order valence-electron chi connectivity index (χ0n) is 32.5. The predicted octanol–water partition coefficient (Wildman–Crippen LogP) is 13.4. The minimum atomic E-state index is -0.845. The average molecular weight is 876 g/mol. The topological polar surface area (TPSA) is 40.6 Å². The molecule has 8 rings (SSSR count). The van der Waals surface area contributed by atoms with Crippen molar-refractivity contribution < 1.29 is 48.9 Å². The summed E-state index contributed by atoms with van der Waals surface area (Å²) in [5.41, 5.74) is 0.994. The molecule has 4 nitrogen and oxygen atoms in total. The number of carbonyl (C=O) groups is 2. The molecule has 4 aliphatic rings. The summed E-state index contributed by atoms with van der Waals surface area (Å²) in [4.78, 5) is 28.9. The van der Waals surface area contributed by atoms with Gasteiger partial charge in [-0.05, 0) is 85.6 Å². The smallest absolute Gasteiger partial charge is 0.357 e. The molecular formula is C48H44Cl2F4N2O2Ti. The van der Waals surface area contributed by atoms with Crippen LogP contribution in [0.25, 0.3) is 0 Å². The van der Waals surface area contributed by atoms with Crippen LogP contribution in [0.1, 0.15) is 97.8 Å². The van der Waals surface area contributed by atoms with E-state index in [1.54, 1.807) is 48.5 Å². The molecule has 0 radical (unpaired) electrons. The molecule has 304 valence electrons. The van der Waals surface area contributed by atoms with E-state index in [9.17, 15) is 27.2 Å². The van der Waals surface area contributed by atoms with E-state index in [0.29, 0.717) is 21.2 Å². The van der Waals surface area contributed by atoms with Crippen LogP contribution in [0.15, 0.2) is 109 Å². The monoisotopic (exact) mass is 874 g/mol. The standard InChI is InChI=1S/2C19H17ClF2NO.2C5H5.Ti/c2*20-14-8-6-13(7-9-14)19(24)23(16-4-2-1-3-5-16)18-11-10-15(21)12-17(18)22;2*1-2-4-5-3-1;/h2*6-11,16H,1-5H2;2*1-3H,4H2;/q4*-1;+4.